The number of aliphatic carboxylic acids is 2. The van der Waals surface area contributed by atoms with E-state index < -0.39 is 60.2 Å². The second-order valence-corrected chi connectivity index (χ2v) is 8.99. The molecule has 7 N–H and O–H groups in total. The highest BCUT2D eigenvalue weighted by atomic mass is 32.1. The fourth-order valence-electron chi connectivity index (χ4n) is 3.57. The van der Waals surface area contributed by atoms with Gasteiger partial charge in [-0.25, -0.2) is 4.79 Å². The van der Waals surface area contributed by atoms with Gasteiger partial charge in [0.1, 0.15) is 18.1 Å². The summed E-state index contributed by atoms with van der Waals surface area (Å²) in [5, 5.41) is 25.8. The van der Waals surface area contributed by atoms with Crippen molar-refractivity contribution >= 4 is 42.3 Å². The second-order valence-electron chi connectivity index (χ2n) is 8.62. The number of nitrogens with two attached hydrogens (primary N) is 1. The number of amides is 3. The summed E-state index contributed by atoms with van der Waals surface area (Å²) < 4.78 is 0. The van der Waals surface area contributed by atoms with Gasteiger partial charge in [0.2, 0.25) is 17.7 Å². The molecular formula is C26H32N4O7S. The van der Waals surface area contributed by atoms with Gasteiger partial charge in [0.05, 0.1) is 6.04 Å². The van der Waals surface area contributed by atoms with Gasteiger partial charge < -0.3 is 31.9 Å². The Balaban J connectivity index is 2.19. The van der Waals surface area contributed by atoms with Crippen LogP contribution in [0.5, 0.6) is 0 Å². The maximum Gasteiger partial charge on any atom is 0.327 e. The fraction of sp³-hybridized carbons (Fsp3) is 0.346. The van der Waals surface area contributed by atoms with Crippen LogP contribution in [-0.4, -0.2) is 69.8 Å². The molecule has 0 aliphatic heterocycles. The van der Waals surface area contributed by atoms with Crippen LogP contribution in [0.1, 0.15) is 24.0 Å². The Kier molecular flexibility index (Phi) is 12.3. The van der Waals surface area contributed by atoms with Gasteiger partial charge in [0.25, 0.3) is 0 Å². The molecule has 0 heterocycles. The van der Waals surface area contributed by atoms with Gasteiger partial charge in [0, 0.05) is 18.6 Å². The van der Waals surface area contributed by atoms with Gasteiger partial charge in [-0.2, -0.15) is 12.6 Å². The van der Waals surface area contributed by atoms with Crippen molar-refractivity contribution in [3.8, 4) is 0 Å². The number of carbonyl (C=O) groups is 5. The normalized spacial score (nSPS) is 13.8. The van der Waals surface area contributed by atoms with Gasteiger partial charge in [-0.3, -0.25) is 19.2 Å². The smallest absolute Gasteiger partial charge is 0.327 e. The molecule has 4 unspecified atom stereocenters. The third kappa shape index (κ3) is 10.2. The van der Waals surface area contributed by atoms with Gasteiger partial charge in [-0.1, -0.05) is 60.7 Å². The molecule has 0 spiro atoms. The molecule has 0 saturated carbocycles. The number of hydrogen-bond donors (Lipinski definition) is 7. The lowest BCUT2D eigenvalue weighted by molar-refractivity contribution is -0.141. The molecule has 0 bridgehead atoms. The molecule has 0 aliphatic rings. The quantitative estimate of drug-likeness (QED) is 0.154. The highest BCUT2D eigenvalue weighted by Crippen LogP contribution is 2.08. The Hall–Kier alpha value is -3.90. The zero-order valence-electron chi connectivity index (χ0n) is 20.6. The predicted molar refractivity (Wildman–Crippen MR) is 142 cm³/mol. The van der Waals surface area contributed by atoms with Crippen molar-refractivity contribution < 1.29 is 34.2 Å². The van der Waals surface area contributed by atoms with Crippen LogP contribution in [0.2, 0.25) is 0 Å². The molecule has 2 aromatic carbocycles. The van der Waals surface area contributed by atoms with Crippen LogP contribution in [0.25, 0.3) is 0 Å². The maximum atomic E-state index is 13.2. The van der Waals surface area contributed by atoms with Crippen molar-refractivity contribution in [1.82, 2.24) is 16.0 Å². The first-order chi connectivity index (χ1) is 18.1. The lowest BCUT2D eigenvalue weighted by Crippen LogP contribution is -2.58. The molecule has 0 radical (unpaired) electrons. The Morgan fingerprint density at radius 3 is 1.68 bits per heavy atom. The molecule has 0 fully saturated rings. The highest BCUT2D eigenvalue weighted by molar-refractivity contribution is 7.80. The minimum absolute atomic E-state index is 0.0183. The van der Waals surface area contributed by atoms with Gasteiger partial charge in [-0.05, 0) is 24.0 Å². The molecule has 3 amide bonds. The van der Waals surface area contributed by atoms with Crippen molar-refractivity contribution in [3.05, 3.63) is 71.8 Å². The summed E-state index contributed by atoms with van der Waals surface area (Å²) >= 11 is 3.94. The van der Waals surface area contributed by atoms with E-state index in [0.717, 1.165) is 5.56 Å². The Labute approximate surface area is 225 Å². The van der Waals surface area contributed by atoms with E-state index in [-0.39, 0.29) is 25.0 Å². The number of carboxylic acids is 2. The minimum atomic E-state index is -1.30. The molecule has 0 saturated heterocycles. The first-order valence-corrected chi connectivity index (χ1v) is 12.5. The Morgan fingerprint density at radius 1 is 0.711 bits per heavy atom. The van der Waals surface area contributed by atoms with Crippen LogP contribution < -0.4 is 21.7 Å². The number of carbonyl (C=O) groups excluding carboxylic acids is 3. The third-order valence-corrected chi connectivity index (χ3v) is 5.99. The maximum absolute atomic E-state index is 13.2. The van der Waals surface area contributed by atoms with E-state index in [0.29, 0.717) is 5.56 Å². The lowest BCUT2D eigenvalue weighted by Gasteiger charge is -2.25. The number of hydrogen-bond acceptors (Lipinski definition) is 7. The Morgan fingerprint density at radius 2 is 1.18 bits per heavy atom. The molecule has 11 nitrogen and oxygen atoms in total. The number of carboxylic acid groups (broad SMARTS) is 2. The zero-order chi connectivity index (χ0) is 28.1. The van der Waals surface area contributed by atoms with Crippen LogP contribution in [-0.2, 0) is 36.8 Å². The van der Waals surface area contributed by atoms with Crippen LogP contribution in [0.4, 0.5) is 0 Å². The molecule has 2 aromatic rings. The number of rotatable bonds is 15. The van der Waals surface area contributed by atoms with E-state index in [4.69, 9.17) is 10.8 Å². The summed E-state index contributed by atoms with van der Waals surface area (Å²) in [6.07, 6.45) is -0.467. The predicted octanol–water partition coefficient (Wildman–Crippen LogP) is 0.133. The van der Waals surface area contributed by atoms with E-state index in [9.17, 15) is 29.1 Å². The number of thiol groups is 1. The van der Waals surface area contributed by atoms with Crippen LogP contribution >= 0.6 is 12.6 Å². The third-order valence-electron chi connectivity index (χ3n) is 5.63. The van der Waals surface area contributed by atoms with E-state index in [2.05, 4.69) is 28.6 Å². The SMILES string of the molecule is NC(Cc1ccccc1)C(=O)NC(CCC(=O)O)C(=O)NC(Cc1ccccc1)C(=O)NC(CS)C(=O)O. The Bertz CT molecular complexity index is 1100. The van der Waals surface area contributed by atoms with Crippen LogP contribution in [0.3, 0.4) is 0 Å². The van der Waals surface area contributed by atoms with Crippen molar-refractivity contribution in [2.24, 2.45) is 5.73 Å². The molecule has 204 valence electrons. The monoisotopic (exact) mass is 544 g/mol. The van der Waals surface area contributed by atoms with Crippen molar-refractivity contribution in [2.45, 2.75) is 49.9 Å². The van der Waals surface area contributed by atoms with E-state index in [1.54, 1.807) is 54.6 Å². The highest BCUT2D eigenvalue weighted by Gasteiger charge is 2.30. The summed E-state index contributed by atoms with van der Waals surface area (Å²) in [6.45, 7) is 0. The molecule has 2 rings (SSSR count). The topological polar surface area (TPSA) is 188 Å². The van der Waals surface area contributed by atoms with Gasteiger partial charge in [-0.15, -0.1) is 0 Å². The number of nitrogens with one attached hydrogen (secondary N) is 3. The first kappa shape index (κ1) is 30.3. The molecule has 0 aliphatic carbocycles. The second kappa shape index (κ2) is 15.4. The summed E-state index contributed by atoms with van der Waals surface area (Å²) in [5.41, 5.74) is 7.50. The fourth-order valence-corrected chi connectivity index (χ4v) is 3.81. The summed E-state index contributed by atoms with van der Waals surface area (Å²) in [4.78, 5) is 61.5. The summed E-state index contributed by atoms with van der Waals surface area (Å²) in [7, 11) is 0. The van der Waals surface area contributed by atoms with Crippen LogP contribution in [0.15, 0.2) is 60.7 Å². The van der Waals surface area contributed by atoms with Crippen molar-refractivity contribution in [3.63, 3.8) is 0 Å². The molecule has 38 heavy (non-hydrogen) atoms. The van der Waals surface area contributed by atoms with Crippen molar-refractivity contribution in [1.29, 1.82) is 0 Å². The average molecular weight is 545 g/mol. The van der Waals surface area contributed by atoms with E-state index in [1.807, 2.05) is 6.07 Å². The summed E-state index contributed by atoms with van der Waals surface area (Å²) in [5.74, 6) is -4.89. The molecular weight excluding hydrogens is 512 g/mol. The molecule has 12 heteroatoms. The van der Waals surface area contributed by atoms with E-state index >= 15 is 0 Å². The molecule has 4 atom stereocenters. The first-order valence-electron chi connectivity index (χ1n) is 11.9. The van der Waals surface area contributed by atoms with Crippen LogP contribution in [0, 0.1) is 0 Å². The summed E-state index contributed by atoms with van der Waals surface area (Å²) in [6, 6.07) is 12.9. The average Bonchev–Trinajstić information content (AvgIpc) is 2.89. The lowest BCUT2D eigenvalue weighted by atomic mass is 10.0. The standard InChI is InChI=1S/C26H32N4O7S/c27-18(13-16-7-3-1-4-8-16)23(33)28-19(11-12-22(31)32)24(34)29-20(14-17-9-5-2-6-10-17)25(35)30-21(15-38)26(36)37/h1-10,18-21,38H,11-15,27H2,(H,28,33)(H,29,34)(H,30,35)(H,31,32)(H,36,37). The molecule has 0 aromatic heterocycles. The number of benzene rings is 2. The zero-order valence-corrected chi connectivity index (χ0v) is 21.5. The van der Waals surface area contributed by atoms with Crippen molar-refractivity contribution in [2.75, 3.05) is 5.75 Å². The minimum Gasteiger partial charge on any atom is -0.481 e. The van der Waals surface area contributed by atoms with E-state index in [1.165, 1.54) is 0 Å². The van der Waals surface area contributed by atoms with Gasteiger partial charge >= 0.3 is 11.9 Å². The largest absolute Gasteiger partial charge is 0.481 e. The van der Waals surface area contributed by atoms with Gasteiger partial charge in [0.15, 0.2) is 0 Å².